The highest BCUT2D eigenvalue weighted by Gasteiger charge is 2.32. The van der Waals surface area contributed by atoms with Crippen LogP contribution < -0.4 is 9.47 Å². The molecule has 0 saturated heterocycles. The number of halogens is 3. The summed E-state index contributed by atoms with van der Waals surface area (Å²) < 4.78 is 52.4. The van der Waals surface area contributed by atoms with Gasteiger partial charge in [-0.2, -0.15) is 0 Å². The highest BCUT2D eigenvalue weighted by molar-refractivity contribution is 5.69. The van der Waals surface area contributed by atoms with Gasteiger partial charge in [0.2, 0.25) is 0 Å². The molecule has 1 atom stereocenters. The van der Waals surface area contributed by atoms with Crippen molar-refractivity contribution in [2.75, 3.05) is 0 Å². The molecule has 3 rings (SSSR count). The Bertz CT molecular complexity index is 1080. The van der Waals surface area contributed by atoms with Crippen molar-refractivity contribution in [3.8, 4) is 11.5 Å². The predicted molar refractivity (Wildman–Crippen MR) is 109 cm³/mol. The number of allylic oxidation sites excluding steroid dienone is 1. The molecular weight excluding hydrogens is 427 g/mol. The molecule has 0 spiro atoms. The molecule has 0 unspecified atom stereocenters. The zero-order chi connectivity index (χ0) is 23.3. The maximum atomic E-state index is 12.6. The summed E-state index contributed by atoms with van der Waals surface area (Å²) in [6.07, 6.45) is -3.57. The first-order valence-corrected chi connectivity index (χ1v) is 9.52. The third-order valence-corrected chi connectivity index (χ3v) is 4.61. The number of rotatable bonds is 9. The SMILES string of the molecule is C=C(C)c1cc(COc2ccc([C@H](CC(=O)O)c3ccon3)cc2)ccc1OC(F)(F)F. The highest BCUT2D eigenvalue weighted by atomic mass is 19.4. The van der Waals surface area contributed by atoms with Gasteiger partial charge in [-0.3, -0.25) is 4.79 Å². The van der Waals surface area contributed by atoms with E-state index in [1.807, 2.05) is 0 Å². The van der Waals surface area contributed by atoms with Gasteiger partial charge in [0.25, 0.3) is 0 Å². The first-order valence-electron chi connectivity index (χ1n) is 9.52. The molecule has 9 heteroatoms. The van der Waals surface area contributed by atoms with Gasteiger partial charge in [-0.05, 0) is 47.9 Å². The van der Waals surface area contributed by atoms with Crippen LogP contribution in [0.25, 0.3) is 5.57 Å². The van der Waals surface area contributed by atoms with Gasteiger partial charge in [0.15, 0.2) is 0 Å². The standard InChI is InChI=1S/C23H20F3NO5/c1-14(2)18-11-15(3-8-21(18)32-23(24,25)26)13-30-17-6-4-16(5-7-17)19(12-22(28)29)20-9-10-31-27-20/h3-11,19H,1,12-13H2,2H3,(H,28,29)/t19-/m0/s1. The molecule has 3 aromatic rings. The summed E-state index contributed by atoms with van der Waals surface area (Å²) in [5.41, 5.74) is 2.53. The Labute approximate surface area is 181 Å². The number of benzene rings is 2. The molecule has 0 radical (unpaired) electrons. The van der Waals surface area contributed by atoms with Gasteiger partial charge in [-0.15, -0.1) is 13.2 Å². The monoisotopic (exact) mass is 447 g/mol. The second kappa shape index (κ2) is 9.59. The number of hydrogen-bond donors (Lipinski definition) is 1. The number of hydrogen-bond acceptors (Lipinski definition) is 5. The Hall–Kier alpha value is -3.75. The number of carboxylic acids is 1. The van der Waals surface area contributed by atoms with Crippen LogP contribution in [0.3, 0.4) is 0 Å². The van der Waals surface area contributed by atoms with Crippen molar-refractivity contribution in [1.82, 2.24) is 5.16 Å². The van der Waals surface area contributed by atoms with Gasteiger partial charge in [-0.25, -0.2) is 0 Å². The van der Waals surface area contributed by atoms with E-state index < -0.39 is 18.2 Å². The van der Waals surface area contributed by atoms with E-state index in [0.29, 0.717) is 22.6 Å². The minimum absolute atomic E-state index is 0.105. The molecular formula is C23H20F3NO5. The lowest BCUT2D eigenvalue weighted by molar-refractivity contribution is -0.274. The number of carboxylic acid groups (broad SMARTS) is 1. The first kappa shape index (κ1) is 22.9. The molecule has 0 bridgehead atoms. The Morgan fingerprint density at radius 2 is 1.91 bits per heavy atom. The van der Waals surface area contributed by atoms with Crippen LogP contribution in [0.5, 0.6) is 11.5 Å². The predicted octanol–water partition coefficient (Wildman–Crippen LogP) is 5.79. The van der Waals surface area contributed by atoms with E-state index in [9.17, 15) is 23.1 Å². The van der Waals surface area contributed by atoms with Crippen molar-refractivity contribution < 1.29 is 37.1 Å². The quantitative estimate of drug-likeness (QED) is 0.447. The van der Waals surface area contributed by atoms with Crippen molar-refractivity contribution in [3.63, 3.8) is 0 Å². The average molecular weight is 447 g/mol. The minimum atomic E-state index is -4.80. The second-order valence-electron chi connectivity index (χ2n) is 7.09. The molecule has 0 aliphatic heterocycles. The lowest BCUT2D eigenvalue weighted by Crippen LogP contribution is -2.18. The Morgan fingerprint density at radius 3 is 2.47 bits per heavy atom. The van der Waals surface area contributed by atoms with Gasteiger partial charge >= 0.3 is 12.3 Å². The van der Waals surface area contributed by atoms with Crippen LogP contribution in [0.1, 0.15) is 41.6 Å². The van der Waals surface area contributed by atoms with E-state index in [0.717, 1.165) is 5.56 Å². The molecule has 168 valence electrons. The van der Waals surface area contributed by atoms with Gasteiger partial charge in [0.1, 0.15) is 24.4 Å². The minimum Gasteiger partial charge on any atom is -0.489 e. The molecule has 6 nitrogen and oxygen atoms in total. The summed E-state index contributed by atoms with van der Waals surface area (Å²) in [5, 5.41) is 13.0. The molecule has 1 aromatic heterocycles. The summed E-state index contributed by atoms with van der Waals surface area (Å²) in [4.78, 5) is 11.2. The van der Waals surface area contributed by atoms with Crippen LogP contribution in [-0.4, -0.2) is 22.6 Å². The van der Waals surface area contributed by atoms with Gasteiger partial charge in [0, 0.05) is 17.5 Å². The fourth-order valence-electron chi connectivity index (χ4n) is 3.15. The molecule has 0 amide bonds. The number of alkyl halides is 3. The maximum absolute atomic E-state index is 12.6. The fraction of sp³-hybridized carbons (Fsp3) is 0.217. The normalized spacial score (nSPS) is 12.2. The van der Waals surface area contributed by atoms with Gasteiger partial charge in [0.05, 0.1) is 12.1 Å². The number of ether oxygens (including phenoxy) is 2. The van der Waals surface area contributed by atoms with E-state index >= 15 is 0 Å². The summed E-state index contributed by atoms with van der Waals surface area (Å²) >= 11 is 0. The summed E-state index contributed by atoms with van der Waals surface area (Å²) in [7, 11) is 0. The van der Waals surface area contributed by atoms with Crippen molar-refractivity contribution in [2.24, 2.45) is 0 Å². The van der Waals surface area contributed by atoms with E-state index in [1.165, 1.54) is 24.5 Å². The smallest absolute Gasteiger partial charge is 0.489 e. The number of carbonyl (C=O) groups is 1. The van der Waals surface area contributed by atoms with Crippen molar-refractivity contribution in [2.45, 2.75) is 32.2 Å². The van der Waals surface area contributed by atoms with E-state index in [2.05, 4.69) is 16.5 Å². The maximum Gasteiger partial charge on any atom is 0.573 e. The zero-order valence-corrected chi connectivity index (χ0v) is 17.1. The molecule has 32 heavy (non-hydrogen) atoms. The third-order valence-electron chi connectivity index (χ3n) is 4.61. The molecule has 1 N–H and O–H groups in total. The van der Waals surface area contributed by atoms with E-state index in [1.54, 1.807) is 37.3 Å². The van der Waals surface area contributed by atoms with E-state index in [-0.39, 0.29) is 24.3 Å². The molecule has 1 heterocycles. The molecule has 2 aromatic carbocycles. The van der Waals surface area contributed by atoms with E-state index in [4.69, 9.17) is 9.26 Å². The van der Waals surface area contributed by atoms with Crippen molar-refractivity contribution in [1.29, 1.82) is 0 Å². The van der Waals surface area contributed by atoms with Crippen LogP contribution >= 0.6 is 0 Å². The topological polar surface area (TPSA) is 81.8 Å². The largest absolute Gasteiger partial charge is 0.573 e. The number of aromatic nitrogens is 1. The number of nitrogens with zero attached hydrogens (tertiary/aromatic N) is 1. The zero-order valence-electron chi connectivity index (χ0n) is 17.1. The fourth-order valence-corrected chi connectivity index (χ4v) is 3.15. The average Bonchev–Trinajstić information content (AvgIpc) is 3.25. The lowest BCUT2D eigenvalue weighted by Gasteiger charge is -2.15. The lowest BCUT2D eigenvalue weighted by atomic mass is 9.92. The van der Waals surface area contributed by atoms with Crippen LogP contribution in [0.4, 0.5) is 13.2 Å². The Balaban J connectivity index is 1.71. The summed E-state index contributed by atoms with van der Waals surface area (Å²) in [6, 6.07) is 12.7. The first-order chi connectivity index (χ1) is 15.1. The van der Waals surface area contributed by atoms with Gasteiger partial charge < -0.3 is 19.1 Å². The summed E-state index contributed by atoms with van der Waals surface area (Å²) in [5.74, 6) is -1.25. The van der Waals surface area contributed by atoms with Crippen molar-refractivity contribution in [3.05, 3.63) is 83.8 Å². The molecule has 0 aliphatic rings. The Morgan fingerprint density at radius 1 is 1.19 bits per heavy atom. The summed E-state index contributed by atoms with van der Waals surface area (Å²) in [6.45, 7) is 5.39. The van der Waals surface area contributed by atoms with Crippen molar-refractivity contribution >= 4 is 11.5 Å². The highest BCUT2D eigenvalue weighted by Crippen LogP contribution is 2.32. The second-order valence-corrected chi connectivity index (χ2v) is 7.09. The van der Waals surface area contributed by atoms with Crippen LogP contribution in [0.2, 0.25) is 0 Å². The third kappa shape index (κ3) is 6.13. The van der Waals surface area contributed by atoms with Crippen LogP contribution in [0, 0.1) is 0 Å². The van der Waals surface area contributed by atoms with Gasteiger partial charge in [-0.1, -0.05) is 29.9 Å². The Kier molecular flexibility index (Phi) is 6.87. The number of aliphatic carboxylic acids is 1. The molecule has 0 saturated carbocycles. The molecule has 0 aliphatic carbocycles. The molecule has 0 fully saturated rings. The van der Waals surface area contributed by atoms with Crippen LogP contribution in [-0.2, 0) is 11.4 Å². The van der Waals surface area contributed by atoms with Crippen LogP contribution in [0.15, 0.2) is 65.9 Å².